The monoisotopic (exact) mass is 210 g/mol. The fourth-order valence-electron chi connectivity index (χ4n) is 1.01. The highest BCUT2D eigenvalue weighted by molar-refractivity contribution is 7.98. The number of nitrogens with one attached hydrogen (secondary N) is 1. The predicted molar refractivity (Wildman–Crippen MR) is 52.5 cm³/mol. The summed E-state index contributed by atoms with van der Waals surface area (Å²) in [4.78, 5) is 3.99. The van der Waals surface area contributed by atoms with Crippen LogP contribution in [0.25, 0.3) is 0 Å². The van der Waals surface area contributed by atoms with Gasteiger partial charge in [-0.05, 0) is 12.1 Å². The number of thioether (sulfide) groups is 1. The van der Waals surface area contributed by atoms with Gasteiger partial charge in [0.2, 0.25) is 0 Å². The van der Waals surface area contributed by atoms with Crippen molar-refractivity contribution >= 4 is 11.8 Å². The van der Waals surface area contributed by atoms with Crippen LogP contribution in [0.4, 0.5) is 0 Å². The highest BCUT2D eigenvalue weighted by atomic mass is 32.2. The first-order chi connectivity index (χ1) is 6.88. The molecule has 2 aromatic heterocycles. The molecule has 0 saturated carbocycles. The molecular formula is C8H10N4OS. The number of aromatic nitrogens is 3. The number of rotatable bonds is 4. The van der Waals surface area contributed by atoms with Crippen LogP contribution in [-0.2, 0) is 12.3 Å². The number of hydrogen-bond donors (Lipinski definition) is 2. The summed E-state index contributed by atoms with van der Waals surface area (Å²) in [6.45, 7) is 0.437. The smallest absolute Gasteiger partial charge is 0.183 e. The van der Waals surface area contributed by atoms with Crippen molar-refractivity contribution in [2.45, 2.75) is 17.5 Å². The predicted octanol–water partition coefficient (Wildman–Crippen LogP) is 1.15. The fourth-order valence-corrected chi connectivity index (χ4v) is 1.69. The number of nitrogens with two attached hydrogens (primary N) is 1. The van der Waals surface area contributed by atoms with Crippen LogP contribution in [0.5, 0.6) is 0 Å². The Labute approximate surface area is 85.1 Å². The van der Waals surface area contributed by atoms with Gasteiger partial charge in [-0.1, -0.05) is 11.8 Å². The Morgan fingerprint density at radius 2 is 2.29 bits per heavy atom. The Morgan fingerprint density at radius 3 is 2.93 bits per heavy atom. The minimum atomic E-state index is 0.437. The second kappa shape index (κ2) is 4.30. The van der Waals surface area contributed by atoms with Gasteiger partial charge in [0.05, 0.1) is 12.3 Å². The van der Waals surface area contributed by atoms with E-state index in [9.17, 15) is 0 Å². The van der Waals surface area contributed by atoms with E-state index in [2.05, 4.69) is 15.2 Å². The molecule has 0 bridgehead atoms. The number of furan rings is 1. The maximum absolute atomic E-state index is 5.42. The molecule has 2 heterocycles. The van der Waals surface area contributed by atoms with Gasteiger partial charge in [0.1, 0.15) is 17.8 Å². The van der Waals surface area contributed by atoms with Crippen molar-refractivity contribution < 1.29 is 4.42 Å². The molecule has 0 atom stereocenters. The summed E-state index contributed by atoms with van der Waals surface area (Å²) in [5.41, 5.74) is 5.42. The van der Waals surface area contributed by atoms with E-state index in [1.807, 2.05) is 12.1 Å². The molecule has 0 aliphatic heterocycles. The Kier molecular flexibility index (Phi) is 2.85. The number of aromatic amines is 1. The molecule has 0 radical (unpaired) electrons. The van der Waals surface area contributed by atoms with E-state index < -0.39 is 0 Å². The van der Waals surface area contributed by atoms with Crippen molar-refractivity contribution in [3.63, 3.8) is 0 Å². The molecule has 0 spiro atoms. The zero-order valence-electron chi connectivity index (χ0n) is 7.43. The number of nitrogens with zero attached hydrogens (tertiary/aromatic N) is 2. The van der Waals surface area contributed by atoms with E-state index in [1.165, 1.54) is 6.33 Å². The molecule has 6 heteroatoms. The maximum atomic E-state index is 5.42. The van der Waals surface area contributed by atoms with Gasteiger partial charge >= 0.3 is 0 Å². The van der Waals surface area contributed by atoms with Crippen molar-refractivity contribution in [1.29, 1.82) is 0 Å². The SMILES string of the molecule is NCc1ccc(CSc2ncn[nH]2)o1. The lowest BCUT2D eigenvalue weighted by Gasteiger charge is -1.93. The lowest BCUT2D eigenvalue weighted by molar-refractivity contribution is 0.482. The lowest BCUT2D eigenvalue weighted by Crippen LogP contribution is -1.92. The van der Waals surface area contributed by atoms with Crippen molar-refractivity contribution in [2.24, 2.45) is 5.73 Å². The molecule has 0 fully saturated rings. The summed E-state index contributed by atoms with van der Waals surface area (Å²) in [6.07, 6.45) is 1.48. The van der Waals surface area contributed by atoms with Crippen LogP contribution in [0.15, 0.2) is 28.0 Å². The third-order valence-corrected chi connectivity index (χ3v) is 2.56. The third-order valence-electron chi connectivity index (χ3n) is 1.66. The normalized spacial score (nSPS) is 10.6. The quantitative estimate of drug-likeness (QED) is 0.740. The van der Waals surface area contributed by atoms with E-state index in [1.54, 1.807) is 11.8 Å². The van der Waals surface area contributed by atoms with Crippen LogP contribution < -0.4 is 5.73 Å². The van der Waals surface area contributed by atoms with Crippen LogP contribution >= 0.6 is 11.8 Å². The summed E-state index contributed by atoms with van der Waals surface area (Å²) >= 11 is 1.54. The molecule has 0 amide bonds. The topological polar surface area (TPSA) is 80.7 Å². The van der Waals surface area contributed by atoms with Crippen LogP contribution in [0.3, 0.4) is 0 Å². The Bertz CT molecular complexity index is 384. The van der Waals surface area contributed by atoms with Gasteiger partial charge in [0.25, 0.3) is 0 Å². The van der Waals surface area contributed by atoms with E-state index in [4.69, 9.17) is 10.2 Å². The van der Waals surface area contributed by atoms with E-state index in [0.29, 0.717) is 6.54 Å². The van der Waals surface area contributed by atoms with Gasteiger partial charge in [-0.3, -0.25) is 5.10 Å². The average molecular weight is 210 g/mol. The standard InChI is InChI=1S/C8H10N4OS/c9-3-6-1-2-7(13-6)4-14-8-10-5-11-12-8/h1-2,5H,3-4,9H2,(H,10,11,12). The molecule has 74 valence electrons. The average Bonchev–Trinajstić information content (AvgIpc) is 2.86. The second-order valence-electron chi connectivity index (χ2n) is 2.65. The van der Waals surface area contributed by atoms with Crippen LogP contribution in [0.1, 0.15) is 11.5 Å². The second-order valence-corrected chi connectivity index (χ2v) is 3.62. The van der Waals surface area contributed by atoms with Crippen LogP contribution in [0, 0.1) is 0 Å². The Balaban J connectivity index is 1.92. The summed E-state index contributed by atoms with van der Waals surface area (Å²) in [6, 6.07) is 3.81. The summed E-state index contributed by atoms with van der Waals surface area (Å²) in [5.74, 6) is 2.43. The zero-order chi connectivity index (χ0) is 9.80. The Hall–Kier alpha value is -1.27. The molecule has 0 aliphatic rings. The summed E-state index contributed by atoms with van der Waals surface area (Å²) < 4.78 is 5.42. The van der Waals surface area contributed by atoms with Crippen molar-refractivity contribution in [2.75, 3.05) is 0 Å². The zero-order valence-corrected chi connectivity index (χ0v) is 8.25. The van der Waals surface area contributed by atoms with Gasteiger partial charge < -0.3 is 10.2 Å². The van der Waals surface area contributed by atoms with Gasteiger partial charge in [0, 0.05) is 0 Å². The third kappa shape index (κ3) is 2.15. The summed E-state index contributed by atoms with van der Waals surface area (Å²) in [5, 5.41) is 7.30. The highest BCUT2D eigenvalue weighted by Gasteiger charge is 2.02. The molecule has 0 saturated heterocycles. The molecule has 5 nitrogen and oxygen atoms in total. The van der Waals surface area contributed by atoms with Crippen LogP contribution in [0.2, 0.25) is 0 Å². The van der Waals surface area contributed by atoms with Gasteiger partial charge in [-0.15, -0.1) is 0 Å². The van der Waals surface area contributed by atoms with Crippen LogP contribution in [-0.4, -0.2) is 15.2 Å². The maximum Gasteiger partial charge on any atom is 0.183 e. The van der Waals surface area contributed by atoms with Crippen molar-refractivity contribution in [1.82, 2.24) is 15.2 Å². The van der Waals surface area contributed by atoms with Gasteiger partial charge in [-0.2, -0.15) is 5.10 Å². The number of H-pyrrole nitrogens is 1. The largest absolute Gasteiger partial charge is 0.464 e. The van der Waals surface area contributed by atoms with E-state index in [0.717, 1.165) is 22.4 Å². The minimum Gasteiger partial charge on any atom is -0.464 e. The van der Waals surface area contributed by atoms with Gasteiger partial charge in [0.15, 0.2) is 5.16 Å². The molecule has 0 aliphatic carbocycles. The Morgan fingerprint density at radius 1 is 1.43 bits per heavy atom. The van der Waals surface area contributed by atoms with Crippen molar-refractivity contribution in [3.05, 3.63) is 30.0 Å². The molecule has 3 N–H and O–H groups in total. The van der Waals surface area contributed by atoms with Gasteiger partial charge in [-0.25, -0.2) is 4.98 Å². The van der Waals surface area contributed by atoms with E-state index in [-0.39, 0.29) is 0 Å². The molecule has 2 rings (SSSR count). The first-order valence-corrected chi connectivity index (χ1v) is 5.13. The minimum absolute atomic E-state index is 0.437. The molecule has 2 aromatic rings. The summed E-state index contributed by atoms with van der Waals surface area (Å²) in [7, 11) is 0. The lowest BCUT2D eigenvalue weighted by atomic mass is 10.4. The van der Waals surface area contributed by atoms with Crippen molar-refractivity contribution in [3.8, 4) is 0 Å². The molecular weight excluding hydrogens is 200 g/mol. The highest BCUT2D eigenvalue weighted by Crippen LogP contribution is 2.19. The fraction of sp³-hybridized carbons (Fsp3) is 0.250. The molecule has 0 aromatic carbocycles. The molecule has 0 unspecified atom stereocenters. The first kappa shape index (κ1) is 9.29. The number of hydrogen-bond acceptors (Lipinski definition) is 5. The van der Waals surface area contributed by atoms with E-state index >= 15 is 0 Å². The molecule has 14 heavy (non-hydrogen) atoms. The first-order valence-electron chi connectivity index (χ1n) is 4.14.